The highest BCUT2D eigenvalue weighted by Crippen LogP contribution is 2.51. The number of aryl methyl sites for hydroxylation is 3. The average Bonchev–Trinajstić information content (AvgIpc) is 1.79. The van der Waals surface area contributed by atoms with E-state index >= 15 is 8.78 Å². The number of rotatable bonds is 10. The molecule has 0 unspecified atom stereocenters. The van der Waals surface area contributed by atoms with Crippen molar-refractivity contribution in [3.63, 3.8) is 0 Å². The molecule has 0 aliphatic rings. The minimum atomic E-state index is -0.437. The number of benzene rings is 8. The van der Waals surface area contributed by atoms with Crippen LogP contribution < -0.4 is 0 Å². The molecule has 2 aromatic heterocycles. The largest absolute Gasteiger partial charge is 0.711 e. The zero-order valence-electron chi connectivity index (χ0n) is 52.9. The molecular weight excluding hydrogens is 1040 g/mol. The van der Waals surface area contributed by atoms with Gasteiger partial charge in [0.2, 0.25) is 11.5 Å². The molecule has 438 valence electrons. The second-order valence-corrected chi connectivity index (χ2v) is 28.9. The van der Waals surface area contributed by atoms with Crippen LogP contribution in [0.5, 0.6) is 23.0 Å². The fourth-order valence-electron chi connectivity index (χ4n) is 12.2. The molecule has 6 nitrogen and oxygen atoms in total. The Morgan fingerprint density at radius 3 is 1.01 bits per heavy atom. The van der Waals surface area contributed by atoms with Crippen molar-refractivity contribution in [1.29, 1.82) is 0 Å². The highest BCUT2D eigenvalue weighted by atomic mass is 19.1. The van der Waals surface area contributed by atoms with Gasteiger partial charge in [-0.05, 0) is 168 Å². The third-order valence-corrected chi connectivity index (χ3v) is 17.1. The van der Waals surface area contributed by atoms with Crippen LogP contribution in [0.2, 0.25) is 0 Å². The lowest BCUT2D eigenvalue weighted by atomic mass is 9.84. The quantitative estimate of drug-likeness (QED) is 0.106. The van der Waals surface area contributed by atoms with Crippen LogP contribution >= 0.6 is 0 Å². The molecule has 0 bridgehead atoms. The van der Waals surface area contributed by atoms with Gasteiger partial charge in [-0.2, -0.15) is 0 Å². The number of hydrogen-bond acceptors (Lipinski definition) is 2. The number of halogens is 2. The van der Waals surface area contributed by atoms with Crippen LogP contribution in [-0.2, 0) is 35.8 Å². The first-order valence-corrected chi connectivity index (χ1v) is 29.6. The number of aromatic nitrogens is 2. The van der Waals surface area contributed by atoms with Gasteiger partial charge in [-0.15, -0.1) is 0 Å². The van der Waals surface area contributed by atoms with Crippen molar-refractivity contribution in [3.8, 4) is 56.6 Å². The van der Waals surface area contributed by atoms with Crippen LogP contribution in [0.4, 0.5) is 8.78 Å². The number of aromatic hydroxyl groups is 2. The van der Waals surface area contributed by atoms with E-state index in [4.69, 9.17) is 0 Å². The van der Waals surface area contributed by atoms with E-state index in [0.29, 0.717) is 75.9 Å². The third kappa shape index (κ3) is 10.8. The Bertz CT molecular complexity index is 4180. The molecule has 8 heteroatoms. The average molecular weight is 1130 g/mol. The van der Waals surface area contributed by atoms with Crippen molar-refractivity contribution < 1.29 is 27.7 Å². The van der Waals surface area contributed by atoms with Crippen LogP contribution in [0.25, 0.3) is 77.2 Å². The second-order valence-electron chi connectivity index (χ2n) is 28.9. The predicted molar refractivity (Wildman–Crippen MR) is 350 cm³/mol. The topological polar surface area (TPSA) is 55.7 Å². The van der Waals surface area contributed by atoms with Gasteiger partial charge in [-0.1, -0.05) is 152 Å². The fourth-order valence-corrected chi connectivity index (χ4v) is 12.2. The van der Waals surface area contributed by atoms with Crippen molar-refractivity contribution in [2.45, 2.75) is 158 Å². The smallest absolute Gasteiger partial charge is 0.237 e. The standard InChI is InChI=1S/C76H86F2N2O4/c1-44-22-26-54-55-27-23-47(72(4,5)6)37-63(55)79(62(54)32-44)66-40-50(75(13,14)15)35-58(68(66)81)60-42-52(77)33-45(2)70(60)83(19)30-21-31-84(20)71-46(3)34-53(78)43-61(71)59-36-51(76(16,17)18)41-67(69(59)82)80-64-38-48(73(7,8)9)24-28-56(64)57-29-25-49(39-65(57)80)74(10,11)12/h22-29,32-43,81-82H,19-21,30-31H2,1-18H3. The van der Waals surface area contributed by atoms with Crippen molar-refractivity contribution in [1.82, 2.24) is 9.13 Å². The van der Waals surface area contributed by atoms with E-state index in [9.17, 15) is 10.2 Å². The van der Waals surface area contributed by atoms with Crippen LogP contribution in [0, 0.1) is 46.6 Å². The highest BCUT2D eigenvalue weighted by molar-refractivity contribution is 6.11. The van der Waals surface area contributed by atoms with E-state index in [0.717, 1.165) is 60.3 Å². The van der Waals surface area contributed by atoms with Gasteiger partial charge in [0.1, 0.15) is 29.6 Å². The Hall–Kier alpha value is -7.58. The summed E-state index contributed by atoms with van der Waals surface area (Å²) in [4.78, 5) is 0. The van der Waals surface area contributed by atoms with Crippen LogP contribution in [0.3, 0.4) is 0 Å². The zero-order chi connectivity index (χ0) is 61.2. The Kier molecular flexibility index (Phi) is 14.8. The van der Waals surface area contributed by atoms with Crippen LogP contribution in [-0.4, -0.2) is 32.6 Å². The van der Waals surface area contributed by atoms with Gasteiger partial charge in [0.25, 0.3) is 0 Å². The summed E-state index contributed by atoms with van der Waals surface area (Å²) in [6.07, 6.45) is 0.470. The van der Waals surface area contributed by atoms with Crippen molar-refractivity contribution >= 4 is 43.6 Å². The fraction of sp³-hybridized carbons (Fsp3) is 0.342. The maximum absolute atomic E-state index is 16.2. The van der Waals surface area contributed by atoms with Gasteiger partial charge in [0.05, 0.1) is 44.6 Å². The molecule has 84 heavy (non-hydrogen) atoms. The summed E-state index contributed by atoms with van der Waals surface area (Å²) in [6, 6.07) is 40.5. The minimum Gasteiger partial charge on any atom is -0.711 e. The van der Waals surface area contributed by atoms with Gasteiger partial charge < -0.3 is 28.1 Å². The molecule has 0 spiro atoms. The number of phenols is 2. The Morgan fingerprint density at radius 2 is 0.690 bits per heavy atom. The molecule has 0 saturated heterocycles. The number of phenolic OH excluding ortho intramolecular Hbond substituents is 2. The van der Waals surface area contributed by atoms with Gasteiger partial charge in [-0.25, -0.2) is 8.78 Å². The van der Waals surface area contributed by atoms with E-state index in [1.807, 2.05) is 26.0 Å². The van der Waals surface area contributed by atoms with Crippen molar-refractivity contribution in [2.75, 3.05) is 13.2 Å². The van der Waals surface area contributed by atoms with Gasteiger partial charge in [0, 0.05) is 43.8 Å². The van der Waals surface area contributed by atoms with Gasteiger partial charge in [0.15, 0.2) is 13.2 Å². The zero-order valence-corrected chi connectivity index (χ0v) is 52.9. The summed E-state index contributed by atoms with van der Waals surface area (Å²) in [5.41, 5.74) is 13.6. The summed E-state index contributed by atoms with van der Waals surface area (Å²) in [7, 11) is 9.03. The summed E-state index contributed by atoms with van der Waals surface area (Å²) in [5, 5.41) is 30.3. The molecule has 2 heterocycles. The molecule has 10 aromatic rings. The molecule has 10 rings (SSSR count). The summed E-state index contributed by atoms with van der Waals surface area (Å²) in [5.74, 6) is 0.365. The first-order valence-electron chi connectivity index (χ1n) is 29.6. The van der Waals surface area contributed by atoms with E-state index in [2.05, 4.69) is 228 Å². The maximum atomic E-state index is 16.2. The normalized spacial score (nSPS) is 12.9. The van der Waals surface area contributed by atoms with Gasteiger partial charge in [-0.3, -0.25) is 0 Å². The molecule has 0 amide bonds. The molecule has 0 aliphatic heterocycles. The lowest BCUT2D eigenvalue weighted by Gasteiger charge is -2.34. The third-order valence-electron chi connectivity index (χ3n) is 17.1. The molecular formula is C76H86F2N2O4. The first kappa shape index (κ1) is 59.6. The van der Waals surface area contributed by atoms with Crippen molar-refractivity contribution in [2.24, 2.45) is 0 Å². The van der Waals surface area contributed by atoms with Gasteiger partial charge >= 0.3 is 0 Å². The number of nitrogens with zero attached hydrogens (tertiary/aromatic N) is 2. The van der Waals surface area contributed by atoms with Crippen LogP contribution in [0.15, 0.2) is 121 Å². The predicted octanol–water partition coefficient (Wildman–Crippen LogP) is 21.5. The van der Waals surface area contributed by atoms with E-state index in [-0.39, 0.29) is 38.6 Å². The van der Waals surface area contributed by atoms with E-state index < -0.39 is 11.6 Å². The molecule has 8 aromatic carbocycles. The maximum Gasteiger partial charge on any atom is 0.237 e. The monoisotopic (exact) mass is 1130 g/mol. The molecule has 0 aliphatic carbocycles. The lowest BCUT2D eigenvalue weighted by molar-refractivity contribution is -0.0170. The Labute approximate surface area is 497 Å². The number of hydrogen-bond donors (Lipinski definition) is 2. The Morgan fingerprint density at radius 1 is 0.381 bits per heavy atom. The lowest BCUT2D eigenvalue weighted by Crippen LogP contribution is -2.14. The minimum absolute atomic E-state index is 0.0212. The molecule has 0 saturated carbocycles. The molecule has 2 N–H and O–H groups in total. The molecule has 0 fully saturated rings. The van der Waals surface area contributed by atoms with E-state index in [1.54, 1.807) is 0 Å². The molecule has 0 atom stereocenters. The highest BCUT2D eigenvalue weighted by Gasteiger charge is 2.31. The molecule has 0 radical (unpaired) electrons. The van der Waals surface area contributed by atoms with Crippen LogP contribution in [0.1, 0.15) is 155 Å². The van der Waals surface area contributed by atoms with Crippen molar-refractivity contribution in [3.05, 3.63) is 192 Å². The Balaban J connectivity index is 1.06. The summed E-state index contributed by atoms with van der Waals surface area (Å²) >= 11 is 0. The van der Waals surface area contributed by atoms with E-state index in [1.165, 1.54) is 41.0 Å². The SMILES string of the molecule is [CH2-][O+](CCC[O+]([CH2-])c1c(C)cc(F)cc1-c1cc(C(C)(C)C)cc(-n2c3cc(C(C)(C)C)ccc3c3ccc(C(C)(C)C)cc32)c1O)c1c(C)cc(F)cc1-c1cc(C(C)(C)C)cc(-n2c3cc(C)ccc3c3ccc(C(C)(C)C)cc32)c1O. The second kappa shape index (κ2) is 20.9. The first-order chi connectivity index (χ1) is 39.0. The summed E-state index contributed by atoms with van der Waals surface area (Å²) in [6.45, 7) is 39.2. The number of fused-ring (bicyclic) bond motifs is 6. The summed E-state index contributed by atoms with van der Waals surface area (Å²) < 4.78 is 42.6.